The van der Waals surface area contributed by atoms with Crippen LogP contribution in [0.4, 0.5) is 11.4 Å². The van der Waals surface area contributed by atoms with Crippen molar-refractivity contribution in [1.82, 2.24) is 0 Å². The number of hydrogen-bond acceptors (Lipinski definition) is 3. The third-order valence-corrected chi connectivity index (χ3v) is 3.90. The summed E-state index contributed by atoms with van der Waals surface area (Å²) in [6.07, 6.45) is 0. The van der Waals surface area contributed by atoms with Crippen LogP contribution in [0.3, 0.4) is 0 Å². The van der Waals surface area contributed by atoms with Crippen LogP contribution in [0.2, 0.25) is 0 Å². The van der Waals surface area contributed by atoms with Crippen LogP contribution in [0.1, 0.15) is 0 Å². The van der Waals surface area contributed by atoms with E-state index in [2.05, 4.69) is 10.2 Å². The first-order valence-electron chi connectivity index (χ1n) is 7.43. The standard InChI is InChI=1S/C20H14N2O/c23-19-13-12-15-7-2-4-10-17(15)20(19)22-21-18-11-5-8-14-6-1-3-9-16(14)18/h1-13,23H. The normalized spacial score (nSPS) is 11.5. The highest BCUT2D eigenvalue weighted by molar-refractivity contribution is 5.95. The fourth-order valence-electron chi connectivity index (χ4n) is 2.75. The summed E-state index contributed by atoms with van der Waals surface area (Å²) >= 11 is 0. The van der Waals surface area contributed by atoms with Gasteiger partial charge in [-0.05, 0) is 22.9 Å². The molecule has 0 spiro atoms. The Kier molecular flexibility index (Phi) is 3.24. The third kappa shape index (κ3) is 2.42. The van der Waals surface area contributed by atoms with Gasteiger partial charge in [-0.15, -0.1) is 10.2 Å². The Balaban J connectivity index is 1.87. The summed E-state index contributed by atoms with van der Waals surface area (Å²) in [4.78, 5) is 0. The van der Waals surface area contributed by atoms with E-state index in [0.717, 1.165) is 27.2 Å². The number of azo groups is 1. The third-order valence-electron chi connectivity index (χ3n) is 3.90. The lowest BCUT2D eigenvalue weighted by Crippen LogP contribution is -1.75. The molecule has 0 radical (unpaired) electrons. The number of benzene rings is 4. The zero-order valence-corrected chi connectivity index (χ0v) is 12.3. The first kappa shape index (κ1) is 13.5. The van der Waals surface area contributed by atoms with Crippen molar-refractivity contribution in [3.63, 3.8) is 0 Å². The maximum atomic E-state index is 10.1. The van der Waals surface area contributed by atoms with Gasteiger partial charge in [-0.2, -0.15) is 0 Å². The van der Waals surface area contributed by atoms with Gasteiger partial charge in [-0.25, -0.2) is 0 Å². The van der Waals surface area contributed by atoms with Crippen molar-refractivity contribution >= 4 is 32.9 Å². The quantitative estimate of drug-likeness (QED) is 0.445. The summed E-state index contributed by atoms with van der Waals surface area (Å²) in [5.41, 5.74) is 1.28. The minimum atomic E-state index is 0.132. The van der Waals surface area contributed by atoms with Crippen LogP contribution in [-0.4, -0.2) is 5.11 Å². The Morgan fingerprint density at radius 2 is 1.22 bits per heavy atom. The van der Waals surface area contributed by atoms with Crippen molar-refractivity contribution < 1.29 is 5.11 Å². The molecule has 4 rings (SSSR count). The van der Waals surface area contributed by atoms with Crippen molar-refractivity contribution in [3.8, 4) is 5.75 Å². The zero-order chi connectivity index (χ0) is 15.6. The minimum absolute atomic E-state index is 0.132. The topological polar surface area (TPSA) is 45.0 Å². The molecule has 0 heterocycles. The summed E-state index contributed by atoms with van der Waals surface area (Å²) in [5.74, 6) is 0.132. The van der Waals surface area contributed by atoms with E-state index < -0.39 is 0 Å². The molecule has 0 atom stereocenters. The van der Waals surface area contributed by atoms with Crippen LogP contribution in [0.15, 0.2) is 89.1 Å². The molecular formula is C20H14N2O. The molecule has 4 aromatic rings. The van der Waals surface area contributed by atoms with E-state index in [9.17, 15) is 5.11 Å². The SMILES string of the molecule is Oc1ccc2ccccc2c1N=Nc1cccc2ccccc12. The molecule has 1 N–H and O–H groups in total. The van der Waals surface area contributed by atoms with Crippen LogP contribution < -0.4 is 0 Å². The predicted octanol–water partition coefficient (Wildman–Crippen LogP) is 6.11. The number of hydrogen-bond donors (Lipinski definition) is 1. The molecule has 4 aromatic carbocycles. The van der Waals surface area contributed by atoms with Crippen LogP contribution in [-0.2, 0) is 0 Å². The molecule has 0 bridgehead atoms. The van der Waals surface area contributed by atoms with Crippen LogP contribution in [0.5, 0.6) is 5.75 Å². The number of phenolic OH excluding ortho intramolecular Hbond substituents is 1. The molecule has 0 saturated heterocycles. The Bertz CT molecular complexity index is 1030. The number of fused-ring (bicyclic) bond motifs is 2. The molecule has 0 amide bonds. The Morgan fingerprint density at radius 1 is 0.565 bits per heavy atom. The van der Waals surface area contributed by atoms with Crippen molar-refractivity contribution in [1.29, 1.82) is 0 Å². The Morgan fingerprint density at radius 3 is 2.04 bits per heavy atom. The van der Waals surface area contributed by atoms with Gasteiger partial charge < -0.3 is 5.11 Å². The number of nitrogens with zero attached hydrogens (tertiary/aromatic N) is 2. The second-order valence-electron chi connectivity index (χ2n) is 5.35. The highest BCUT2D eigenvalue weighted by Crippen LogP contribution is 2.36. The lowest BCUT2D eigenvalue weighted by Gasteiger charge is -2.04. The molecule has 0 aliphatic heterocycles. The van der Waals surface area contributed by atoms with E-state index >= 15 is 0 Å². The second-order valence-corrected chi connectivity index (χ2v) is 5.35. The number of phenols is 1. The van der Waals surface area contributed by atoms with Crippen LogP contribution >= 0.6 is 0 Å². The van der Waals surface area contributed by atoms with Gasteiger partial charge in [0.1, 0.15) is 11.4 Å². The van der Waals surface area contributed by atoms with Gasteiger partial charge in [0.15, 0.2) is 0 Å². The van der Waals surface area contributed by atoms with E-state index in [-0.39, 0.29) is 5.75 Å². The van der Waals surface area contributed by atoms with E-state index in [1.807, 2.05) is 72.8 Å². The summed E-state index contributed by atoms with van der Waals surface area (Å²) < 4.78 is 0. The molecule has 0 aliphatic carbocycles. The predicted molar refractivity (Wildman–Crippen MR) is 93.7 cm³/mol. The molecule has 3 heteroatoms. The number of aromatic hydroxyl groups is 1. The summed E-state index contributed by atoms with van der Waals surface area (Å²) in [6, 6.07) is 25.3. The van der Waals surface area contributed by atoms with E-state index in [1.165, 1.54) is 0 Å². The van der Waals surface area contributed by atoms with Crippen molar-refractivity contribution in [2.24, 2.45) is 10.2 Å². The number of rotatable bonds is 2. The van der Waals surface area contributed by atoms with E-state index in [4.69, 9.17) is 0 Å². The second kappa shape index (κ2) is 5.54. The van der Waals surface area contributed by atoms with Crippen molar-refractivity contribution in [2.75, 3.05) is 0 Å². The van der Waals surface area contributed by atoms with Crippen LogP contribution in [0, 0.1) is 0 Å². The highest BCUT2D eigenvalue weighted by Gasteiger charge is 2.06. The highest BCUT2D eigenvalue weighted by atomic mass is 16.3. The summed E-state index contributed by atoms with van der Waals surface area (Å²) in [7, 11) is 0. The van der Waals surface area contributed by atoms with Gasteiger partial charge in [0.25, 0.3) is 0 Å². The monoisotopic (exact) mass is 298 g/mol. The van der Waals surface area contributed by atoms with Gasteiger partial charge in [0, 0.05) is 10.8 Å². The summed E-state index contributed by atoms with van der Waals surface area (Å²) in [6.45, 7) is 0. The molecule has 110 valence electrons. The molecule has 0 saturated carbocycles. The maximum absolute atomic E-state index is 10.1. The summed E-state index contributed by atoms with van der Waals surface area (Å²) in [5, 5.41) is 22.9. The molecule has 0 aliphatic rings. The molecular weight excluding hydrogens is 284 g/mol. The average Bonchev–Trinajstić information content (AvgIpc) is 2.61. The van der Waals surface area contributed by atoms with Gasteiger partial charge in [-0.1, -0.05) is 66.7 Å². The van der Waals surface area contributed by atoms with Gasteiger partial charge in [-0.3, -0.25) is 0 Å². The first-order valence-corrected chi connectivity index (χ1v) is 7.43. The maximum Gasteiger partial charge on any atom is 0.143 e. The van der Waals surface area contributed by atoms with Gasteiger partial charge in [0.2, 0.25) is 0 Å². The van der Waals surface area contributed by atoms with Crippen LogP contribution in [0.25, 0.3) is 21.5 Å². The van der Waals surface area contributed by atoms with Gasteiger partial charge >= 0.3 is 0 Å². The Labute approximate surface area is 133 Å². The molecule has 3 nitrogen and oxygen atoms in total. The molecule has 0 fully saturated rings. The smallest absolute Gasteiger partial charge is 0.143 e. The first-order chi connectivity index (χ1) is 11.3. The fourth-order valence-corrected chi connectivity index (χ4v) is 2.75. The average molecular weight is 298 g/mol. The largest absolute Gasteiger partial charge is 0.506 e. The van der Waals surface area contributed by atoms with Crippen molar-refractivity contribution in [2.45, 2.75) is 0 Å². The molecule has 0 unspecified atom stereocenters. The van der Waals surface area contributed by atoms with E-state index in [0.29, 0.717) is 5.69 Å². The lowest BCUT2D eigenvalue weighted by molar-refractivity contribution is 0.477. The van der Waals surface area contributed by atoms with E-state index in [1.54, 1.807) is 6.07 Å². The minimum Gasteiger partial charge on any atom is -0.506 e. The zero-order valence-electron chi connectivity index (χ0n) is 12.3. The fraction of sp³-hybridized carbons (Fsp3) is 0. The van der Waals surface area contributed by atoms with Crippen molar-refractivity contribution in [3.05, 3.63) is 78.9 Å². The molecule has 0 aromatic heterocycles. The lowest BCUT2D eigenvalue weighted by atomic mass is 10.1. The van der Waals surface area contributed by atoms with Gasteiger partial charge in [0.05, 0.1) is 5.69 Å². The Hall–Kier alpha value is -3.20. The molecule has 23 heavy (non-hydrogen) atoms.